The summed E-state index contributed by atoms with van der Waals surface area (Å²) in [6.07, 6.45) is -5.00. The Bertz CT molecular complexity index is 1170. The number of likely N-dealkylation sites (N-methyl/N-ethyl adjacent to an activating group) is 1. The molecule has 1 aromatic rings. The summed E-state index contributed by atoms with van der Waals surface area (Å²) in [7, 11) is 3.48. The van der Waals surface area contributed by atoms with Gasteiger partial charge in [0.15, 0.2) is 12.4 Å². The van der Waals surface area contributed by atoms with Gasteiger partial charge in [0.1, 0.15) is 23.5 Å². The number of carbonyl (C=O) groups excluding carboxylic acids is 2. The van der Waals surface area contributed by atoms with Gasteiger partial charge in [-0.2, -0.15) is 5.10 Å². The van der Waals surface area contributed by atoms with Crippen molar-refractivity contribution in [3.63, 3.8) is 0 Å². The molecule has 3 heterocycles. The number of cyclic esters (lactones) is 1. The summed E-state index contributed by atoms with van der Waals surface area (Å²) in [6, 6.07) is 1.11. The van der Waals surface area contributed by atoms with Crippen molar-refractivity contribution in [3.8, 4) is 0 Å². The van der Waals surface area contributed by atoms with E-state index in [0.717, 1.165) is 0 Å². The van der Waals surface area contributed by atoms with Gasteiger partial charge in [0, 0.05) is 25.6 Å². The second-order valence-corrected chi connectivity index (χ2v) is 14.2. The Kier molecular flexibility index (Phi) is 12.8. The molecule has 0 radical (unpaired) electrons. The summed E-state index contributed by atoms with van der Waals surface area (Å²) in [4.78, 5) is 28.4. The van der Waals surface area contributed by atoms with E-state index in [2.05, 4.69) is 5.10 Å². The average Bonchev–Trinajstić information content (AvgIpc) is 3.33. The highest BCUT2D eigenvalue weighted by molar-refractivity contribution is 5.87. The first-order valence-corrected chi connectivity index (χ1v) is 16.5. The number of hydrogen-bond acceptors (Lipinski definition) is 12. The zero-order valence-electron chi connectivity index (χ0n) is 29.2. The molecule has 12 atom stereocenters. The fourth-order valence-electron chi connectivity index (χ4n) is 7.05. The minimum absolute atomic E-state index is 0.133. The number of rotatable bonds is 5. The van der Waals surface area contributed by atoms with Crippen LogP contribution >= 0.6 is 0 Å². The predicted octanol–water partition coefficient (Wildman–Crippen LogP) is 1.95. The van der Waals surface area contributed by atoms with Crippen LogP contribution in [0.4, 0.5) is 0 Å². The first kappa shape index (κ1) is 38.3. The number of nitrogens with zero attached hydrogens (tertiary/aromatic N) is 3. The SMILES string of the molecule is CC[C@H]1OC(=O)[C@H](C)[C@@H](O)[C@H](C)[C@@H](O[C@@H]2OCCC[C@H]2OC(=O)c2cc(C)nn2C)[C@](C)(O)C[C@@H](C)CN(C)[C@H](C)[C@@H](O)[C@]1(C)O. The average molecular weight is 656 g/mol. The monoisotopic (exact) mass is 655 g/mol. The minimum Gasteiger partial charge on any atom is -0.459 e. The highest BCUT2D eigenvalue weighted by atomic mass is 16.7. The Morgan fingerprint density at radius 2 is 1.80 bits per heavy atom. The number of esters is 2. The molecule has 0 amide bonds. The molecule has 13 nitrogen and oxygen atoms in total. The lowest BCUT2D eigenvalue weighted by molar-refractivity contribution is -0.276. The highest BCUT2D eigenvalue weighted by Gasteiger charge is 2.49. The van der Waals surface area contributed by atoms with Gasteiger partial charge >= 0.3 is 11.9 Å². The second-order valence-electron chi connectivity index (χ2n) is 14.2. The summed E-state index contributed by atoms with van der Waals surface area (Å²) >= 11 is 0. The number of aromatic nitrogens is 2. The van der Waals surface area contributed by atoms with Crippen molar-refractivity contribution in [1.29, 1.82) is 0 Å². The minimum atomic E-state index is -1.77. The Morgan fingerprint density at radius 1 is 1.15 bits per heavy atom. The molecule has 2 saturated heterocycles. The summed E-state index contributed by atoms with van der Waals surface area (Å²) in [5, 5.41) is 50.4. The maximum atomic E-state index is 13.4. The summed E-state index contributed by atoms with van der Waals surface area (Å²) in [5.74, 6) is -3.37. The number of aryl methyl sites for hydroxylation is 2. The molecule has 2 fully saturated rings. The van der Waals surface area contributed by atoms with Gasteiger partial charge in [0.2, 0.25) is 0 Å². The largest absolute Gasteiger partial charge is 0.459 e. The quantitative estimate of drug-likeness (QED) is 0.340. The summed E-state index contributed by atoms with van der Waals surface area (Å²) in [5.41, 5.74) is -2.37. The summed E-state index contributed by atoms with van der Waals surface area (Å²) < 4.78 is 25.5. The molecule has 2 aliphatic rings. The van der Waals surface area contributed by atoms with Crippen molar-refractivity contribution >= 4 is 11.9 Å². The van der Waals surface area contributed by atoms with Crippen molar-refractivity contribution in [3.05, 3.63) is 17.5 Å². The lowest BCUT2D eigenvalue weighted by atomic mass is 9.78. The van der Waals surface area contributed by atoms with Crippen LogP contribution < -0.4 is 0 Å². The third-order valence-electron chi connectivity index (χ3n) is 9.88. The number of ether oxygens (including phenoxy) is 4. The Hall–Kier alpha value is -2.13. The Morgan fingerprint density at radius 3 is 2.39 bits per heavy atom. The number of aliphatic hydroxyl groups excluding tert-OH is 2. The van der Waals surface area contributed by atoms with E-state index in [9.17, 15) is 30.0 Å². The van der Waals surface area contributed by atoms with E-state index in [1.807, 2.05) is 18.9 Å². The van der Waals surface area contributed by atoms with Crippen LogP contribution in [0.25, 0.3) is 0 Å². The molecule has 0 aliphatic carbocycles. The normalized spacial score (nSPS) is 40.9. The molecule has 1 aromatic heterocycles. The molecule has 264 valence electrons. The van der Waals surface area contributed by atoms with Crippen molar-refractivity contribution in [2.75, 3.05) is 20.2 Å². The lowest BCUT2D eigenvalue weighted by Gasteiger charge is -2.44. The van der Waals surface area contributed by atoms with E-state index in [1.54, 1.807) is 47.7 Å². The number of carbonyl (C=O) groups is 2. The zero-order chi connectivity index (χ0) is 34.7. The van der Waals surface area contributed by atoms with E-state index >= 15 is 0 Å². The van der Waals surface area contributed by atoms with Crippen LogP contribution in [-0.2, 0) is 30.8 Å². The van der Waals surface area contributed by atoms with Crippen LogP contribution in [-0.4, -0.2) is 121 Å². The topological polar surface area (TPSA) is 173 Å². The van der Waals surface area contributed by atoms with Gasteiger partial charge in [-0.15, -0.1) is 0 Å². The van der Waals surface area contributed by atoms with Crippen LogP contribution in [0, 0.1) is 24.7 Å². The number of hydrogen-bond donors (Lipinski definition) is 4. The van der Waals surface area contributed by atoms with Gasteiger partial charge in [0.05, 0.1) is 36.0 Å². The van der Waals surface area contributed by atoms with Crippen LogP contribution in [0.2, 0.25) is 0 Å². The molecule has 0 spiro atoms. The lowest BCUT2D eigenvalue weighted by Crippen LogP contribution is -2.59. The molecule has 0 saturated carbocycles. The number of aliphatic hydroxyl groups is 4. The molecule has 2 aliphatic heterocycles. The first-order chi connectivity index (χ1) is 21.3. The molecule has 0 unspecified atom stereocenters. The van der Waals surface area contributed by atoms with Gasteiger partial charge < -0.3 is 44.3 Å². The van der Waals surface area contributed by atoms with Crippen molar-refractivity contribution < 1.29 is 49.0 Å². The zero-order valence-corrected chi connectivity index (χ0v) is 29.2. The maximum Gasteiger partial charge on any atom is 0.357 e. The van der Waals surface area contributed by atoms with E-state index in [1.165, 1.54) is 18.5 Å². The Balaban J connectivity index is 1.96. The van der Waals surface area contributed by atoms with Crippen molar-refractivity contribution in [2.45, 2.75) is 135 Å². The summed E-state index contributed by atoms with van der Waals surface area (Å²) in [6.45, 7) is 14.3. The molecular formula is C33H57N3O10. The van der Waals surface area contributed by atoms with Gasteiger partial charge in [0.25, 0.3) is 0 Å². The second kappa shape index (κ2) is 15.4. The molecule has 4 N–H and O–H groups in total. The van der Waals surface area contributed by atoms with Crippen LogP contribution in [0.5, 0.6) is 0 Å². The highest BCUT2D eigenvalue weighted by Crippen LogP contribution is 2.36. The molecule has 3 rings (SSSR count). The van der Waals surface area contributed by atoms with Crippen LogP contribution in [0.3, 0.4) is 0 Å². The molecule has 46 heavy (non-hydrogen) atoms. The smallest absolute Gasteiger partial charge is 0.357 e. The van der Waals surface area contributed by atoms with E-state index in [0.29, 0.717) is 31.7 Å². The van der Waals surface area contributed by atoms with Crippen molar-refractivity contribution in [2.24, 2.45) is 24.8 Å². The third kappa shape index (κ3) is 8.66. The first-order valence-electron chi connectivity index (χ1n) is 16.5. The molecule has 0 bridgehead atoms. The molecular weight excluding hydrogens is 598 g/mol. The fraction of sp³-hybridized carbons (Fsp3) is 0.848. The van der Waals surface area contributed by atoms with Crippen LogP contribution in [0.1, 0.15) is 90.3 Å². The van der Waals surface area contributed by atoms with E-state index in [-0.39, 0.29) is 24.5 Å². The van der Waals surface area contributed by atoms with Gasteiger partial charge in [-0.05, 0) is 79.3 Å². The Labute approximate surface area is 273 Å². The van der Waals surface area contributed by atoms with Crippen molar-refractivity contribution in [1.82, 2.24) is 14.7 Å². The van der Waals surface area contributed by atoms with Gasteiger partial charge in [-0.1, -0.05) is 20.8 Å². The fourth-order valence-corrected chi connectivity index (χ4v) is 7.05. The van der Waals surface area contributed by atoms with E-state index in [4.69, 9.17) is 18.9 Å². The van der Waals surface area contributed by atoms with E-state index < -0.39 is 77.8 Å². The van der Waals surface area contributed by atoms with Crippen LogP contribution in [0.15, 0.2) is 6.07 Å². The predicted molar refractivity (Wildman–Crippen MR) is 169 cm³/mol. The third-order valence-corrected chi connectivity index (χ3v) is 9.88. The van der Waals surface area contributed by atoms with Gasteiger partial charge in [-0.25, -0.2) is 4.79 Å². The molecule has 13 heteroatoms. The molecule has 0 aromatic carbocycles. The maximum absolute atomic E-state index is 13.4. The standard InChI is InChI=1S/C33H57N3O10/c1-11-25-33(8,42)27(38)22(6)35(9)17-18(2)16-32(7,41)28(20(4)26(37)21(5)29(39)45-25)46-31-24(13-12-14-43-31)44-30(40)23-15-19(3)34-36(23)10/h15,18,20-22,24-28,31,37-38,41-42H,11-14,16-17H2,1-10H3/t18-,20+,21-,22-,24-,25-,26+,27-,28-,31+,32-,33-/m1/s1. The van der Waals surface area contributed by atoms with Gasteiger partial charge in [-0.3, -0.25) is 9.48 Å².